The van der Waals surface area contributed by atoms with E-state index in [2.05, 4.69) is 25.0 Å². The smallest absolute Gasteiger partial charge is 0.257 e. The lowest BCUT2D eigenvalue weighted by atomic mass is 10.2. The first-order valence-electron chi connectivity index (χ1n) is 10.6. The van der Waals surface area contributed by atoms with Gasteiger partial charge in [-0.1, -0.05) is 11.6 Å². The van der Waals surface area contributed by atoms with Gasteiger partial charge in [0.2, 0.25) is 10.0 Å². The summed E-state index contributed by atoms with van der Waals surface area (Å²) >= 11 is 6.06. The van der Waals surface area contributed by atoms with E-state index in [1.54, 1.807) is 30.6 Å². The largest absolute Gasteiger partial charge is 0.487 e. The van der Waals surface area contributed by atoms with Crippen molar-refractivity contribution in [1.29, 1.82) is 0 Å². The Morgan fingerprint density at radius 3 is 2.75 bits per heavy atom. The normalized spacial score (nSPS) is 11.2. The van der Waals surface area contributed by atoms with E-state index in [1.807, 2.05) is 0 Å². The van der Waals surface area contributed by atoms with Crippen molar-refractivity contribution in [3.05, 3.63) is 101 Å². The third-order valence-corrected chi connectivity index (χ3v) is 5.65. The van der Waals surface area contributed by atoms with Gasteiger partial charge in [-0.25, -0.2) is 12.8 Å². The van der Waals surface area contributed by atoms with Crippen LogP contribution in [0.2, 0.25) is 5.02 Å². The van der Waals surface area contributed by atoms with Crippen LogP contribution in [0.5, 0.6) is 5.75 Å². The van der Waals surface area contributed by atoms with Crippen LogP contribution in [0.25, 0.3) is 0 Å². The van der Waals surface area contributed by atoms with Gasteiger partial charge in [-0.05, 0) is 42.5 Å². The number of carbonyl (C=O) groups is 1. The standard InChI is InChI=1S/C24H21ClFN5O4S/c1-36(33,34)31-21-8-17(25)7-20(9-21)30-24(32)16-6-19(29-12-16)10-22-23(3-2-4-28-22)35-14-15-5-18(26)13-27-11-15/h2-9,11-13,29,31H,10,14H2,1H3,(H,30,32). The predicted molar refractivity (Wildman–Crippen MR) is 134 cm³/mol. The molecule has 4 aromatic rings. The lowest BCUT2D eigenvalue weighted by Crippen LogP contribution is -2.13. The summed E-state index contributed by atoms with van der Waals surface area (Å²) in [4.78, 5) is 24.0. The van der Waals surface area contributed by atoms with E-state index in [0.29, 0.717) is 40.4 Å². The first-order valence-corrected chi connectivity index (χ1v) is 12.8. The van der Waals surface area contributed by atoms with Crippen LogP contribution >= 0.6 is 11.6 Å². The van der Waals surface area contributed by atoms with Crippen molar-refractivity contribution >= 4 is 38.9 Å². The second kappa shape index (κ2) is 10.8. The molecule has 12 heteroatoms. The fraction of sp³-hybridized carbons (Fsp3) is 0.125. The Morgan fingerprint density at radius 2 is 1.97 bits per heavy atom. The van der Waals surface area contributed by atoms with Crippen molar-refractivity contribution in [2.45, 2.75) is 13.0 Å². The lowest BCUT2D eigenvalue weighted by Gasteiger charge is -2.10. The minimum absolute atomic E-state index is 0.123. The van der Waals surface area contributed by atoms with Crippen LogP contribution in [0.15, 0.2) is 67.3 Å². The Bertz CT molecular complexity index is 1510. The number of anilines is 2. The Morgan fingerprint density at radius 1 is 1.17 bits per heavy atom. The van der Waals surface area contributed by atoms with Gasteiger partial charge in [-0.2, -0.15) is 0 Å². The van der Waals surface area contributed by atoms with E-state index in [-0.39, 0.29) is 17.3 Å². The van der Waals surface area contributed by atoms with Gasteiger partial charge in [0, 0.05) is 47.0 Å². The van der Waals surface area contributed by atoms with Crippen LogP contribution < -0.4 is 14.8 Å². The van der Waals surface area contributed by atoms with Crippen molar-refractivity contribution in [3.63, 3.8) is 0 Å². The number of sulfonamides is 1. The minimum Gasteiger partial charge on any atom is -0.487 e. The zero-order valence-corrected chi connectivity index (χ0v) is 20.5. The number of aromatic nitrogens is 3. The maximum absolute atomic E-state index is 13.4. The molecule has 3 aromatic heterocycles. The van der Waals surface area contributed by atoms with Gasteiger partial charge in [-0.3, -0.25) is 19.5 Å². The first-order chi connectivity index (χ1) is 17.1. The number of hydrogen-bond donors (Lipinski definition) is 3. The van der Waals surface area contributed by atoms with E-state index in [0.717, 1.165) is 12.5 Å². The molecule has 186 valence electrons. The molecule has 0 saturated carbocycles. The van der Waals surface area contributed by atoms with Gasteiger partial charge < -0.3 is 15.0 Å². The van der Waals surface area contributed by atoms with E-state index in [1.165, 1.54) is 30.5 Å². The molecule has 3 heterocycles. The number of rotatable bonds is 9. The zero-order valence-electron chi connectivity index (χ0n) is 19.0. The van der Waals surface area contributed by atoms with E-state index >= 15 is 0 Å². The molecule has 4 rings (SSSR count). The molecule has 3 N–H and O–H groups in total. The molecule has 0 aliphatic heterocycles. The average Bonchev–Trinajstić information content (AvgIpc) is 3.26. The van der Waals surface area contributed by atoms with Gasteiger partial charge in [0.05, 0.1) is 29.4 Å². The number of H-pyrrole nitrogens is 1. The molecule has 1 amide bonds. The molecule has 0 spiro atoms. The molecule has 0 radical (unpaired) electrons. The number of ether oxygens (including phenoxy) is 1. The van der Waals surface area contributed by atoms with Crippen LogP contribution in [0, 0.1) is 5.82 Å². The summed E-state index contributed by atoms with van der Waals surface area (Å²) in [7, 11) is -3.51. The summed E-state index contributed by atoms with van der Waals surface area (Å²) in [6.45, 7) is 0.123. The number of halogens is 2. The molecule has 0 unspecified atom stereocenters. The highest BCUT2D eigenvalue weighted by Gasteiger charge is 2.13. The van der Waals surface area contributed by atoms with Crippen molar-refractivity contribution in [2.24, 2.45) is 0 Å². The van der Waals surface area contributed by atoms with E-state index in [9.17, 15) is 17.6 Å². The molecular formula is C24H21ClFN5O4S. The van der Waals surface area contributed by atoms with Crippen LogP contribution in [0.3, 0.4) is 0 Å². The van der Waals surface area contributed by atoms with Gasteiger partial charge in [-0.15, -0.1) is 0 Å². The highest BCUT2D eigenvalue weighted by atomic mass is 35.5. The number of hydrogen-bond acceptors (Lipinski definition) is 6. The molecular weight excluding hydrogens is 509 g/mol. The van der Waals surface area contributed by atoms with E-state index < -0.39 is 21.7 Å². The Balaban J connectivity index is 1.43. The quantitative estimate of drug-likeness (QED) is 0.295. The Kier molecular flexibility index (Phi) is 7.51. The molecule has 0 saturated heterocycles. The number of carbonyl (C=O) groups excluding carboxylic acids is 1. The zero-order chi connectivity index (χ0) is 25.7. The van der Waals surface area contributed by atoms with Gasteiger partial charge in [0.15, 0.2) is 0 Å². The van der Waals surface area contributed by atoms with Gasteiger partial charge >= 0.3 is 0 Å². The maximum Gasteiger partial charge on any atom is 0.257 e. The highest BCUT2D eigenvalue weighted by molar-refractivity contribution is 7.92. The monoisotopic (exact) mass is 529 g/mol. The number of pyridine rings is 2. The van der Waals surface area contributed by atoms with Crippen molar-refractivity contribution in [3.8, 4) is 5.75 Å². The topological polar surface area (TPSA) is 126 Å². The molecule has 0 fully saturated rings. The lowest BCUT2D eigenvalue weighted by molar-refractivity contribution is 0.102. The fourth-order valence-corrected chi connectivity index (χ4v) is 4.16. The molecule has 0 atom stereocenters. The third kappa shape index (κ3) is 7.03. The third-order valence-electron chi connectivity index (χ3n) is 4.83. The number of amides is 1. The average molecular weight is 530 g/mol. The van der Waals surface area contributed by atoms with E-state index in [4.69, 9.17) is 16.3 Å². The molecule has 0 aliphatic carbocycles. The van der Waals surface area contributed by atoms with Crippen molar-refractivity contribution < 1.29 is 22.3 Å². The van der Waals surface area contributed by atoms with Crippen molar-refractivity contribution in [1.82, 2.24) is 15.0 Å². The Labute approximate surface area is 211 Å². The number of aromatic amines is 1. The van der Waals surface area contributed by atoms with Gasteiger partial charge in [0.25, 0.3) is 5.91 Å². The van der Waals surface area contributed by atoms with Gasteiger partial charge in [0.1, 0.15) is 18.2 Å². The predicted octanol–water partition coefficient (Wildman–Crippen LogP) is 4.39. The Hall–Kier alpha value is -3.96. The summed E-state index contributed by atoms with van der Waals surface area (Å²) in [6, 6.07) is 10.9. The molecule has 0 bridgehead atoms. The minimum atomic E-state index is -3.51. The van der Waals surface area contributed by atoms with Crippen LogP contribution in [0.1, 0.15) is 27.3 Å². The highest BCUT2D eigenvalue weighted by Crippen LogP contribution is 2.25. The second-order valence-corrected chi connectivity index (χ2v) is 10.1. The number of benzene rings is 1. The van der Waals surface area contributed by atoms with Crippen LogP contribution in [0.4, 0.5) is 15.8 Å². The molecule has 36 heavy (non-hydrogen) atoms. The molecule has 1 aromatic carbocycles. The maximum atomic E-state index is 13.4. The molecule has 9 nitrogen and oxygen atoms in total. The first kappa shape index (κ1) is 25.1. The van der Waals surface area contributed by atoms with Crippen LogP contribution in [-0.4, -0.2) is 35.5 Å². The summed E-state index contributed by atoms with van der Waals surface area (Å²) in [6.07, 6.45) is 7.19. The van der Waals surface area contributed by atoms with Crippen LogP contribution in [-0.2, 0) is 23.1 Å². The number of nitrogens with one attached hydrogen (secondary N) is 3. The fourth-order valence-electron chi connectivity index (χ4n) is 3.38. The second-order valence-electron chi connectivity index (χ2n) is 7.90. The summed E-state index contributed by atoms with van der Waals surface area (Å²) < 4.78 is 44.5. The summed E-state index contributed by atoms with van der Waals surface area (Å²) in [5.74, 6) is -0.339. The molecule has 0 aliphatic rings. The number of nitrogens with zero attached hydrogens (tertiary/aromatic N) is 2. The summed E-state index contributed by atoms with van der Waals surface area (Å²) in [5.41, 5.74) is 2.83. The SMILES string of the molecule is CS(=O)(=O)Nc1cc(Cl)cc(NC(=O)c2c[nH]c(Cc3ncccc3OCc3cncc(F)c3)c2)c1. The summed E-state index contributed by atoms with van der Waals surface area (Å²) in [5, 5.41) is 2.96. The van der Waals surface area contributed by atoms with Crippen molar-refractivity contribution in [2.75, 3.05) is 16.3 Å².